The molecule has 1 rings (SSSR count). The van der Waals surface area contributed by atoms with Crippen molar-refractivity contribution in [1.29, 1.82) is 0 Å². The topological polar surface area (TPSA) is 38.0 Å². The molecule has 0 aliphatic carbocycles. The second-order valence-electron chi connectivity index (χ2n) is 1.78. The van der Waals surface area contributed by atoms with E-state index in [1.165, 1.54) is 4.57 Å². The number of nitrogens with zero attached hydrogens (tertiary/aromatic N) is 1. The first-order valence-corrected chi connectivity index (χ1v) is 2.30. The van der Waals surface area contributed by atoms with Crippen molar-refractivity contribution in [3.05, 3.63) is 26.3 Å². The van der Waals surface area contributed by atoms with Crippen LogP contribution < -0.4 is 15.6 Å². The third kappa shape index (κ3) is 0.358. The van der Waals surface area contributed by atoms with Gasteiger partial charge in [0.1, 0.15) is 7.05 Å². The standard InChI is InChI=1S/C5H6NO2/c1-3-4(7)5(8)6(3)2/h1-2H3/q+1. The molecule has 0 N–H and O–H groups in total. The Kier molecular flexibility index (Phi) is 0.802. The van der Waals surface area contributed by atoms with Crippen LogP contribution in [-0.4, -0.2) is 0 Å². The maximum absolute atomic E-state index is 10.3. The highest BCUT2D eigenvalue weighted by atomic mass is 16.2. The van der Waals surface area contributed by atoms with E-state index in [1.807, 2.05) is 0 Å². The molecule has 0 fully saturated rings. The first kappa shape index (κ1) is 5.15. The quantitative estimate of drug-likeness (QED) is 0.300. The molecule has 1 aromatic heterocycles. The van der Waals surface area contributed by atoms with Gasteiger partial charge in [-0.05, 0) is 0 Å². The van der Waals surface area contributed by atoms with Gasteiger partial charge in [-0.2, -0.15) is 4.57 Å². The molecular weight excluding hydrogens is 106 g/mol. The summed E-state index contributed by atoms with van der Waals surface area (Å²) in [5.41, 5.74) is -0.218. The Hall–Kier alpha value is -0.990. The minimum Gasteiger partial charge on any atom is -0.271 e. The van der Waals surface area contributed by atoms with Gasteiger partial charge in [-0.3, -0.25) is 4.79 Å². The molecule has 0 bridgehead atoms. The molecule has 0 saturated heterocycles. The van der Waals surface area contributed by atoms with Crippen LogP contribution >= 0.6 is 0 Å². The minimum absolute atomic E-state index is 0.354. The maximum Gasteiger partial charge on any atom is 0.466 e. The normalized spacial score (nSPS) is 10.2. The lowest BCUT2D eigenvalue weighted by molar-refractivity contribution is -0.707. The van der Waals surface area contributed by atoms with Crippen LogP contribution in [0.2, 0.25) is 0 Å². The molecule has 0 aliphatic rings. The molecular formula is C5H6NO2+. The fraction of sp³-hybridized carbons (Fsp3) is 0.400. The highest BCUT2D eigenvalue weighted by molar-refractivity contribution is 4.91. The Morgan fingerprint density at radius 3 is 2.00 bits per heavy atom. The van der Waals surface area contributed by atoms with Gasteiger partial charge in [0.15, 0.2) is 0 Å². The van der Waals surface area contributed by atoms with Crippen LogP contribution in [0.25, 0.3) is 0 Å². The van der Waals surface area contributed by atoms with Gasteiger partial charge in [-0.15, -0.1) is 0 Å². The predicted molar refractivity (Wildman–Crippen MR) is 27.3 cm³/mol. The lowest BCUT2D eigenvalue weighted by atomic mass is 10.3. The first-order valence-electron chi connectivity index (χ1n) is 2.30. The zero-order valence-corrected chi connectivity index (χ0v) is 4.76. The SMILES string of the molecule is Cc1c(=O)c(=O)[n+]1C. The molecule has 1 aromatic rings. The third-order valence-corrected chi connectivity index (χ3v) is 1.33. The number of hydrogen-bond acceptors (Lipinski definition) is 2. The van der Waals surface area contributed by atoms with Gasteiger partial charge < -0.3 is 0 Å². The van der Waals surface area contributed by atoms with E-state index >= 15 is 0 Å². The molecule has 0 aliphatic heterocycles. The molecule has 3 nitrogen and oxygen atoms in total. The van der Waals surface area contributed by atoms with Crippen LogP contribution in [-0.2, 0) is 7.05 Å². The predicted octanol–water partition coefficient (Wildman–Crippen LogP) is -1.58. The summed E-state index contributed by atoms with van der Waals surface area (Å²) in [5.74, 6) is 0. The Labute approximate surface area is 45.9 Å². The minimum atomic E-state index is -0.400. The van der Waals surface area contributed by atoms with Crippen molar-refractivity contribution >= 4 is 0 Å². The number of aromatic nitrogens is 1. The fourth-order valence-corrected chi connectivity index (χ4v) is 0.559. The summed E-state index contributed by atoms with van der Waals surface area (Å²) in [6, 6.07) is 0. The van der Waals surface area contributed by atoms with E-state index in [1.54, 1.807) is 14.0 Å². The van der Waals surface area contributed by atoms with E-state index in [0.29, 0.717) is 5.69 Å². The molecule has 8 heavy (non-hydrogen) atoms. The largest absolute Gasteiger partial charge is 0.466 e. The number of rotatable bonds is 0. The van der Waals surface area contributed by atoms with E-state index in [4.69, 9.17) is 0 Å². The zero-order chi connectivity index (χ0) is 6.31. The van der Waals surface area contributed by atoms with Gasteiger partial charge in [0.05, 0.1) is 0 Å². The Morgan fingerprint density at radius 2 is 1.88 bits per heavy atom. The van der Waals surface area contributed by atoms with Crippen molar-refractivity contribution in [2.45, 2.75) is 6.92 Å². The second kappa shape index (κ2) is 1.24. The second-order valence-corrected chi connectivity index (χ2v) is 1.78. The van der Waals surface area contributed by atoms with Gasteiger partial charge >= 0.3 is 11.0 Å². The Balaban J connectivity index is 3.48. The van der Waals surface area contributed by atoms with Crippen LogP contribution in [0.15, 0.2) is 9.59 Å². The van der Waals surface area contributed by atoms with Crippen LogP contribution in [0.3, 0.4) is 0 Å². The monoisotopic (exact) mass is 112 g/mol. The average molecular weight is 112 g/mol. The Bertz CT molecular complexity index is 250. The van der Waals surface area contributed by atoms with Gasteiger partial charge in [0, 0.05) is 6.92 Å². The van der Waals surface area contributed by atoms with Crippen molar-refractivity contribution in [3.63, 3.8) is 0 Å². The molecule has 3 heteroatoms. The summed E-state index contributed by atoms with van der Waals surface area (Å²) >= 11 is 0. The van der Waals surface area contributed by atoms with Crippen molar-refractivity contribution in [2.75, 3.05) is 0 Å². The van der Waals surface area contributed by atoms with Crippen molar-refractivity contribution < 1.29 is 4.57 Å². The molecule has 0 amide bonds. The highest BCUT2D eigenvalue weighted by Crippen LogP contribution is 1.65. The summed E-state index contributed by atoms with van der Waals surface area (Å²) < 4.78 is 1.34. The zero-order valence-electron chi connectivity index (χ0n) is 4.76. The maximum atomic E-state index is 10.3. The number of hydrogen-bond donors (Lipinski definition) is 0. The molecule has 1 heterocycles. The summed E-state index contributed by atoms with van der Waals surface area (Å²) in [6.45, 7) is 1.63. The fourth-order valence-electron chi connectivity index (χ4n) is 0.559. The van der Waals surface area contributed by atoms with Gasteiger partial charge in [0.25, 0.3) is 0 Å². The van der Waals surface area contributed by atoms with Crippen LogP contribution in [0, 0.1) is 6.92 Å². The molecule has 42 valence electrons. The van der Waals surface area contributed by atoms with Gasteiger partial charge in [-0.25, -0.2) is 4.79 Å². The van der Waals surface area contributed by atoms with E-state index < -0.39 is 5.56 Å². The van der Waals surface area contributed by atoms with Crippen LogP contribution in [0.4, 0.5) is 0 Å². The van der Waals surface area contributed by atoms with Crippen molar-refractivity contribution in [3.8, 4) is 0 Å². The van der Waals surface area contributed by atoms with E-state index in [2.05, 4.69) is 0 Å². The van der Waals surface area contributed by atoms with E-state index in [0.717, 1.165) is 0 Å². The molecule has 0 radical (unpaired) electrons. The molecule has 0 aromatic carbocycles. The third-order valence-electron chi connectivity index (χ3n) is 1.33. The average Bonchev–Trinajstić information content (AvgIpc) is 1.83. The Morgan fingerprint density at radius 1 is 1.38 bits per heavy atom. The van der Waals surface area contributed by atoms with Gasteiger partial charge in [-0.1, -0.05) is 0 Å². The van der Waals surface area contributed by atoms with Crippen LogP contribution in [0.5, 0.6) is 0 Å². The lowest BCUT2D eigenvalue weighted by Gasteiger charge is -1.87. The summed E-state index contributed by atoms with van der Waals surface area (Å²) in [5, 5.41) is 0. The summed E-state index contributed by atoms with van der Waals surface area (Å²) in [7, 11) is 1.58. The van der Waals surface area contributed by atoms with Crippen molar-refractivity contribution in [2.24, 2.45) is 7.05 Å². The smallest absolute Gasteiger partial charge is 0.271 e. The molecule has 0 spiro atoms. The highest BCUT2D eigenvalue weighted by Gasteiger charge is 2.21. The molecule has 0 unspecified atom stereocenters. The summed E-state index contributed by atoms with van der Waals surface area (Å²) in [4.78, 5) is 20.7. The lowest BCUT2D eigenvalue weighted by Crippen LogP contribution is -2.66. The van der Waals surface area contributed by atoms with Gasteiger partial charge in [0.2, 0.25) is 5.69 Å². The molecule has 0 atom stereocenters. The van der Waals surface area contributed by atoms with Crippen LogP contribution in [0.1, 0.15) is 5.69 Å². The van der Waals surface area contributed by atoms with Crippen molar-refractivity contribution in [1.82, 2.24) is 0 Å². The first-order chi connectivity index (χ1) is 3.64. The molecule has 0 saturated carbocycles. The summed E-state index contributed by atoms with van der Waals surface area (Å²) in [6.07, 6.45) is 0. The van der Waals surface area contributed by atoms with E-state index in [-0.39, 0.29) is 5.43 Å². The van der Waals surface area contributed by atoms with E-state index in [9.17, 15) is 9.59 Å².